The van der Waals surface area contributed by atoms with Gasteiger partial charge in [0, 0.05) is 11.6 Å². The van der Waals surface area contributed by atoms with Crippen LogP contribution in [0.4, 0.5) is 5.69 Å². The summed E-state index contributed by atoms with van der Waals surface area (Å²) < 4.78 is 15.7. The Bertz CT molecular complexity index is 1110. The van der Waals surface area contributed by atoms with E-state index in [0.29, 0.717) is 33.5 Å². The van der Waals surface area contributed by atoms with E-state index in [0.717, 1.165) is 11.3 Å². The van der Waals surface area contributed by atoms with Gasteiger partial charge >= 0.3 is 0 Å². The van der Waals surface area contributed by atoms with E-state index in [2.05, 4.69) is 16.4 Å². The normalized spacial score (nSPS) is 10.1. The van der Waals surface area contributed by atoms with Gasteiger partial charge in [0.25, 0.3) is 0 Å². The zero-order valence-electron chi connectivity index (χ0n) is 17.3. The van der Waals surface area contributed by atoms with Crippen molar-refractivity contribution in [3.63, 3.8) is 0 Å². The Balaban J connectivity index is 1.74. The Morgan fingerprint density at radius 3 is 2.35 bits per heavy atom. The van der Waals surface area contributed by atoms with E-state index < -0.39 is 0 Å². The molecule has 158 valence electrons. The number of aromatic nitrogens is 1. The Morgan fingerprint density at radius 2 is 1.71 bits per heavy atom. The Hall–Kier alpha value is -3.70. The second kappa shape index (κ2) is 10.4. The summed E-state index contributed by atoms with van der Waals surface area (Å²) in [7, 11) is 4.68. The highest BCUT2D eigenvalue weighted by Crippen LogP contribution is 2.30. The van der Waals surface area contributed by atoms with Crippen LogP contribution < -0.4 is 19.5 Å². The third-order valence-electron chi connectivity index (χ3n) is 4.39. The second-order valence-electron chi connectivity index (χ2n) is 6.29. The van der Waals surface area contributed by atoms with Crippen molar-refractivity contribution < 1.29 is 19.0 Å². The Labute approximate surface area is 185 Å². The van der Waals surface area contributed by atoms with Gasteiger partial charge in [0.1, 0.15) is 28.3 Å². The summed E-state index contributed by atoms with van der Waals surface area (Å²) >= 11 is 1.20. The summed E-state index contributed by atoms with van der Waals surface area (Å²) in [5, 5.41) is 12.7. The molecule has 1 aromatic heterocycles. The molecule has 1 N–H and O–H groups in total. The molecule has 0 bridgehead atoms. The van der Waals surface area contributed by atoms with Gasteiger partial charge in [-0.2, -0.15) is 5.26 Å². The molecule has 3 rings (SSSR count). The molecule has 7 nitrogen and oxygen atoms in total. The first-order chi connectivity index (χ1) is 15.1. The average Bonchev–Trinajstić information content (AvgIpc) is 2.82. The van der Waals surface area contributed by atoms with E-state index in [4.69, 9.17) is 14.2 Å². The molecule has 2 aromatic carbocycles. The molecule has 0 unspecified atom stereocenters. The number of anilines is 1. The summed E-state index contributed by atoms with van der Waals surface area (Å²) in [4.78, 5) is 17.1. The topological polar surface area (TPSA) is 93.5 Å². The van der Waals surface area contributed by atoms with Crippen LogP contribution in [0, 0.1) is 11.3 Å². The Kier molecular flexibility index (Phi) is 7.35. The molecule has 0 saturated carbocycles. The fraction of sp³-hybridized carbons (Fsp3) is 0.174. The van der Waals surface area contributed by atoms with Crippen LogP contribution in [-0.4, -0.2) is 38.0 Å². The minimum absolute atomic E-state index is 0.0775. The molecule has 0 aliphatic heterocycles. The molecule has 0 radical (unpaired) electrons. The first-order valence-corrected chi connectivity index (χ1v) is 10.3. The van der Waals surface area contributed by atoms with Crippen molar-refractivity contribution >= 4 is 23.4 Å². The van der Waals surface area contributed by atoms with Crippen LogP contribution in [0.5, 0.6) is 17.2 Å². The zero-order valence-corrected chi connectivity index (χ0v) is 18.2. The summed E-state index contributed by atoms with van der Waals surface area (Å²) in [6.45, 7) is 0. The number of amides is 1. The van der Waals surface area contributed by atoms with Crippen molar-refractivity contribution in [3.8, 4) is 34.6 Å². The van der Waals surface area contributed by atoms with Crippen LogP contribution in [-0.2, 0) is 4.79 Å². The molecule has 0 atom stereocenters. The van der Waals surface area contributed by atoms with Crippen molar-refractivity contribution in [3.05, 3.63) is 60.2 Å². The highest BCUT2D eigenvalue weighted by atomic mass is 32.2. The number of rotatable bonds is 8. The minimum atomic E-state index is -0.253. The van der Waals surface area contributed by atoms with Crippen molar-refractivity contribution in [1.29, 1.82) is 5.26 Å². The van der Waals surface area contributed by atoms with Crippen molar-refractivity contribution in [2.24, 2.45) is 0 Å². The van der Waals surface area contributed by atoms with Crippen LogP contribution in [0.15, 0.2) is 59.6 Å². The van der Waals surface area contributed by atoms with E-state index in [1.807, 2.05) is 24.3 Å². The smallest absolute Gasteiger partial charge is 0.234 e. The molecule has 0 saturated heterocycles. The van der Waals surface area contributed by atoms with Gasteiger partial charge in [-0.1, -0.05) is 11.8 Å². The van der Waals surface area contributed by atoms with E-state index in [1.54, 1.807) is 44.6 Å². The molecule has 1 amide bonds. The molecule has 8 heteroatoms. The number of thioether (sulfide) groups is 1. The number of ether oxygens (including phenoxy) is 3. The standard InChI is InChI=1S/C23H21N3O4S/c1-28-17-7-4-15(5-8-17)19-10-6-16(13-24)23(26-19)31-14-22(27)25-20-12-18(29-2)9-11-21(20)30-3/h4-12H,14H2,1-3H3,(H,25,27). The highest BCUT2D eigenvalue weighted by molar-refractivity contribution is 8.00. The number of nitriles is 1. The number of benzene rings is 2. The van der Waals surface area contributed by atoms with Crippen molar-refractivity contribution in [2.75, 3.05) is 32.4 Å². The lowest BCUT2D eigenvalue weighted by atomic mass is 10.1. The fourth-order valence-electron chi connectivity index (χ4n) is 2.79. The predicted molar refractivity (Wildman–Crippen MR) is 120 cm³/mol. The lowest BCUT2D eigenvalue weighted by Crippen LogP contribution is -2.15. The number of carbonyl (C=O) groups excluding carboxylic acids is 1. The van der Waals surface area contributed by atoms with Gasteiger partial charge in [-0.3, -0.25) is 4.79 Å². The molecule has 0 aliphatic carbocycles. The van der Waals surface area contributed by atoms with Gasteiger partial charge < -0.3 is 19.5 Å². The van der Waals surface area contributed by atoms with Crippen LogP contribution in [0.2, 0.25) is 0 Å². The maximum atomic E-state index is 12.5. The summed E-state index contributed by atoms with van der Waals surface area (Å²) in [5.74, 6) is 1.70. The SMILES string of the molecule is COc1ccc(-c2ccc(C#N)c(SCC(=O)Nc3cc(OC)ccc3OC)n2)cc1. The minimum Gasteiger partial charge on any atom is -0.497 e. The quantitative estimate of drug-likeness (QED) is 0.525. The second-order valence-corrected chi connectivity index (χ2v) is 7.26. The first kappa shape index (κ1) is 22.0. The van der Waals surface area contributed by atoms with Crippen LogP contribution in [0.3, 0.4) is 0 Å². The number of nitrogens with zero attached hydrogens (tertiary/aromatic N) is 2. The molecular weight excluding hydrogens is 414 g/mol. The Morgan fingerprint density at radius 1 is 1.00 bits per heavy atom. The molecular formula is C23H21N3O4S. The molecule has 0 aliphatic rings. The van der Waals surface area contributed by atoms with E-state index in [9.17, 15) is 10.1 Å². The molecule has 31 heavy (non-hydrogen) atoms. The lowest BCUT2D eigenvalue weighted by molar-refractivity contribution is -0.113. The van der Waals surface area contributed by atoms with Crippen LogP contribution >= 0.6 is 11.8 Å². The van der Waals surface area contributed by atoms with E-state index in [1.165, 1.54) is 18.9 Å². The number of hydrogen-bond donors (Lipinski definition) is 1. The molecule has 3 aromatic rings. The van der Waals surface area contributed by atoms with Crippen molar-refractivity contribution in [1.82, 2.24) is 4.98 Å². The van der Waals surface area contributed by atoms with Gasteiger partial charge in [-0.05, 0) is 48.5 Å². The van der Waals surface area contributed by atoms with Gasteiger partial charge in [0.05, 0.1) is 44.0 Å². The van der Waals surface area contributed by atoms with Crippen molar-refractivity contribution in [2.45, 2.75) is 5.03 Å². The molecule has 1 heterocycles. The number of carbonyl (C=O) groups is 1. The number of pyridine rings is 1. The van der Waals surface area contributed by atoms with Crippen LogP contribution in [0.1, 0.15) is 5.56 Å². The summed E-state index contributed by atoms with van der Waals surface area (Å²) in [5.41, 5.74) is 2.51. The van der Waals surface area contributed by atoms with Gasteiger partial charge in [-0.15, -0.1) is 0 Å². The summed E-state index contributed by atoms with van der Waals surface area (Å²) in [6, 6.07) is 18.2. The van der Waals surface area contributed by atoms with E-state index >= 15 is 0 Å². The predicted octanol–water partition coefficient (Wildman–Crippen LogP) is 4.38. The number of nitrogens with one attached hydrogen (secondary N) is 1. The fourth-order valence-corrected chi connectivity index (χ4v) is 3.56. The third kappa shape index (κ3) is 5.47. The van der Waals surface area contributed by atoms with Gasteiger partial charge in [-0.25, -0.2) is 4.98 Å². The lowest BCUT2D eigenvalue weighted by Gasteiger charge is -2.12. The van der Waals surface area contributed by atoms with Gasteiger partial charge in [0.15, 0.2) is 0 Å². The van der Waals surface area contributed by atoms with Crippen LogP contribution in [0.25, 0.3) is 11.3 Å². The average molecular weight is 436 g/mol. The number of methoxy groups -OCH3 is 3. The zero-order chi connectivity index (χ0) is 22.2. The highest BCUT2D eigenvalue weighted by Gasteiger charge is 2.13. The van der Waals surface area contributed by atoms with Gasteiger partial charge in [0.2, 0.25) is 5.91 Å². The maximum Gasteiger partial charge on any atom is 0.234 e. The summed E-state index contributed by atoms with van der Waals surface area (Å²) in [6.07, 6.45) is 0. The monoisotopic (exact) mass is 435 g/mol. The largest absolute Gasteiger partial charge is 0.497 e. The first-order valence-electron chi connectivity index (χ1n) is 9.28. The van der Waals surface area contributed by atoms with E-state index in [-0.39, 0.29) is 11.7 Å². The third-order valence-corrected chi connectivity index (χ3v) is 5.38. The molecule has 0 fully saturated rings. The number of hydrogen-bond acceptors (Lipinski definition) is 7. The maximum absolute atomic E-state index is 12.5. The molecule has 0 spiro atoms.